The summed E-state index contributed by atoms with van der Waals surface area (Å²) in [6.07, 6.45) is 4.34. The zero-order valence-corrected chi connectivity index (χ0v) is 8.81. The second-order valence-electron chi connectivity index (χ2n) is 2.88. The molecule has 0 aromatic carbocycles. The first-order chi connectivity index (χ1) is 6.94. The van der Waals surface area contributed by atoms with Crippen molar-refractivity contribution in [2.24, 2.45) is 16.1 Å². The van der Waals surface area contributed by atoms with E-state index < -0.39 is 15.0 Å². The van der Waals surface area contributed by atoms with E-state index in [0.29, 0.717) is 0 Å². The van der Waals surface area contributed by atoms with Crippen molar-refractivity contribution in [2.45, 2.75) is 11.3 Å². The van der Waals surface area contributed by atoms with Crippen LogP contribution in [0.1, 0.15) is 6.42 Å². The lowest BCUT2D eigenvalue weighted by molar-refractivity contribution is 0.178. The summed E-state index contributed by atoms with van der Waals surface area (Å²) in [6.45, 7) is 0. The molecule has 0 aliphatic heterocycles. The average Bonchev–Trinajstić information content (AvgIpc) is 2.15. The fourth-order valence-corrected chi connectivity index (χ4v) is 1.97. The summed E-state index contributed by atoms with van der Waals surface area (Å²) >= 11 is 0. The molecule has 0 aromatic heterocycles. The maximum absolute atomic E-state index is 11.2. The third kappa shape index (κ3) is 2.00. The van der Waals surface area contributed by atoms with Crippen molar-refractivity contribution in [1.29, 1.82) is 0 Å². The molecule has 0 saturated carbocycles. The van der Waals surface area contributed by atoms with Crippen LogP contribution in [0.15, 0.2) is 34.3 Å². The van der Waals surface area contributed by atoms with Crippen LogP contribution in [-0.2, 0) is 15.0 Å². The molecule has 8 heteroatoms. The Balaban J connectivity index is 3.26. The molecule has 0 aromatic rings. The maximum atomic E-state index is 11.2. The third-order valence-corrected chi connectivity index (χ3v) is 3.31. The van der Waals surface area contributed by atoms with Gasteiger partial charge in [0.2, 0.25) is 0 Å². The second-order valence-corrected chi connectivity index (χ2v) is 4.50. The monoisotopic (exact) mass is 233 g/mol. The topological polar surface area (TPSA) is 114 Å². The van der Waals surface area contributed by atoms with Gasteiger partial charge in [-0.15, -0.1) is 5.11 Å². The van der Waals surface area contributed by atoms with E-state index in [2.05, 4.69) is 15.2 Å². The van der Waals surface area contributed by atoms with E-state index in [1.807, 2.05) is 0 Å². The first kappa shape index (κ1) is 11.7. The normalized spacial score (nSPS) is 26.7. The standard InChI is InChI=1S/C7H11N3O4S/c1-14-10-9-7(15(11,12)13)5-3-2-4-6(7)8/h2-4H,5,8H2,1H3,(H,11,12,13). The summed E-state index contributed by atoms with van der Waals surface area (Å²) in [5.41, 5.74) is 5.40. The van der Waals surface area contributed by atoms with Crippen molar-refractivity contribution in [3.05, 3.63) is 23.9 Å². The van der Waals surface area contributed by atoms with Crippen LogP contribution in [0.3, 0.4) is 0 Å². The molecule has 1 aliphatic carbocycles. The molecule has 84 valence electrons. The van der Waals surface area contributed by atoms with Gasteiger partial charge in [0.05, 0.1) is 5.70 Å². The van der Waals surface area contributed by atoms with E-state index in [1.165, 1.54) is 19.3 Å². The molecule has 1 aliphatic rings. The lowest BCUT2D eigenvalue weighted by Gasteiger charge is -2.25. The minimum absolute atomic E-state index is 0.0823. The van der Waals surface area contributed by atoms with Crippen LogP contribution in [-0.4, -0.2) is 25.0 Å². The van der Waals surface area contributed by atoms with Gasteiger partial charge in [-0.3, -0.25) is 4.55 Å². The molecule has 15 heavy (non-hydrogen) atoms. The summed E-state index contributed by atoms with van der Waals surface area (Å²) in [7, 11) is -3.29. The molecule has 0 fully saturated rings. The number of rotatable bonds is 3. The highest BCUT2D eigenvalue weighted by molar-refractivity contribution is 7.87. The van der Waals surface area contributed by atoms with Gasteiger partial charge in [0.25, 0.3) is 15.0 Å². The minimum Gasteiger partial charge on any atom is -0.399 e. The Kier molecular flexibility index (Phi) is 3.10. The van der Waals surface area contributed by atoms with Gasteiger partial charge in [-0.1, -0.05) is 12.2 Å². The number of nitrogens with zero attached hydrogens (tertiary/aromatic N) is 2. The Morgan fingerprint density at radius 3 is 2.80 bits per heavy atom. The van der Waals surface area contributed by atoms with Gasteiger partial charge in [-0.05, 0) is 6.08 Å². The Bertz CT molecular complexity index is 426. The molecular weight excluding hydrogens is 222 g/mol. The molecule has 1 rings (SSSR count). The van der Waals surface area contributed by atoms with Crippen LogP contribution in [0.5, 0.6) is 0 Å². The number of nitrogens with two attached hydrogens (primary N) is 1. The summed E-state index contributed by atoms with van der Waals surface area (Å²) < 4.78 is 31.5. The number of allylic oxidation sites excluding steroid dienone is 2. The molecule has 0 amide bonds. The first-order valence-corrected chi connectivity index (χ1v) is 5.43. The van der Waals surface area contributed by atoms with E-state index in [1.54, 1.807) is 6.08 Å². The number of hydrogen-bond acceptors (Lipinski definition) is 6. The third-order valence-electron chi connectivity index (χ3n) is 1.97. The lowest BCUT2D eigenvalue weighted by Crippen LogP contribution is -2.42. The van der Waals surface area contributed by atoms with Crippen LogP contribution in [0.25, 0.3) is 0 Å². The van der Waals surface area contributed by atoms with E-state index in [9.17, 15) is 8.42 Å². The number of hydrogen-bond donors (Lipinski definition) is 2. The van der Waals surface area contributed by atoms with Crippen molar-refractivity contribution in [3.63, 3.8) is 0 Å². The Hall–Kier alpha value is -1.41. The molecule has 1 atom stereocenters. The molecular formula is C7H11N3O4S. The van der Waals surface area contributed by atoms with Crippen molar-refractivity contribution in [2.75, 3.05) is 7.11 Å². The van der Waals surface area contributed by atoms with Crippen LogP contribution >= 0.6 is 0 Å². The lowest BCUT2D eigenvalue weighted by atomic mass is 10.1. The summed E-state index contributed by atoms with van der Waals surface area (Å²) in [6, 6.07) is 0. The van der Waals surface area contributed by atoms with Crippen molar-refractivity contribution in [3.8, 4) is 0 Å². The molecule has 3 N–H and O–H groups in total. The van der Waals surface area contributed by atoms with Crippen molar-refractivity contribution < 1.29 is 17.8 Å². The van der Waals surface area contributed by atoms with Gasteiger partial charge in [-0.25, -0.2) is 0 Å². The van der Waals surface area contributed by atoms with Crippen LogP contribution < -0.4 is 5.73 Å². The van der Waals surface area contributed by atoms with E-state index in [-0.39, 0.29) is 12.1 Å². The summed E-state index contributed by atoms with van der Waals surface area (Å²) in [5, 5.41) is 6.52. The van der Waals surface area contributed by atoms with Gasteiger partial charge in [0, 0.05) is 11.7 Å². The Morgan fingerprint density at radius 2 is 2.33 bits per heavy atom. The second kappa shape index (κ2) is 3.99. The Morgan fingerprint density at radius 1 is 1.67 bits per heavy atom. The highest BCUT2D eigenvalue weighted by atomic mass is 32.2. The minimum atomic E-state index is -4.49. The Labute approximate surface area is 87.0 Å². The fraction of sp³-hybridized carbons (Fsp3) is 0.429. The maximum Gasteiger partial charge on any atom is 0.299 e. The molecule has 0 saturated heterocycles. The van der Waals surface area contributed by atoms with Gasteiger partial charge >= 0.3 is 0 Å². The molecule has 0 heterocycles. The van der Waals surface area contributed by atoms with Crippen LogP contribution in [0, 0.1) is 0 Å². The van der Waals surface area contributed by atoms with Crippen molar-refractivity contribution in [1.82, 2.24) is 0 Å². The highest BCUT2D eigenvalue weighted by Gasteiger charge is 2.46. The van der Waals surface area contributed by atoms with E-state index in [0.717, 1.165) is 0 Å². The predicted octanol–water partition coefficient (Wildman–Crippen LogP) is 0.387. The summed E-state index contributed by atoms with van der Waals surface area (Å²) in [4.78, 5) is 2.33. The molecule has 0 spiro atoms. The van der Waals surface area contributed by atoms with Gasteiger partial charge in [0.1, 0.15) is 7.11 Å². The predicted molar refractivity (Wildman–Crippen MR) is 52.2 cm³/mol. The zero-order valence-electron chi connectivity index (χ0n) is 7.99. The van der Waals surface area contributed by atoms with Gasteiger partial charge < -0.3 is 10.6 Å². The van der Waals surface area contributed by atoms with Gasteiger partial charge in [0.15, 0.2) is 0 Å². The molecule has 1 unspecified atom stereocenters. The fourth-order valence-electron chi connectivity index (χ4n) is 1.16. The summed E-state index contributed by atoms with van der Waals surface area (Å²) in [5.74, 6) is 0. The first-order valence-electron chi connectivity index (χ1n) is 3.99. The average molecular weight is 233 g/mol. The van der Waals surface area contributed by atoms with Crippen LogP contribution in [0.2, 0.25) is 0 Å². The molecule has 7 nitrogen and oxygen atoms in total. The van der Waals surface area contributed by atoms with Crippen molar-refractivity contribution >= 4 is 10.1 Å². The van der Waals surface area contributed by atoms with E-state index in [4.69, 9.17) is 10.3 Å². The SMILES string of the molecule is CON=NC1(S(=O)(=O)O)CC=CC=C1N. The zero-order chi connectivity index (χ0) is 11.5. The van der Waals surface area contributed by atoms with E-state index >= 15 is 0 Å². The highest BCUT2D eigenvalue weighted by Crippen LogP contribution is 2.32. The van der Waals surface area contributed by atoms with Crippen LogP contribution in [0.4, 0.5) is 0 Å². The largest absolute Gasteiger partial charge is 0.399 e. The van der Waals surface area contributed by atoms with Gasteiger partial charge in [-0.2, -0.15) is 8.42 Å². The molecule has 0 bridgehead atoms. The smallest absolute Gasteiger partial charge is 0.299 e. The molecule has 0 radical (unpaired) electrons. The quantitative estimate of drug-likeness (QED) is 0.415.